The van der Waals surface area contributed by atoms with E-state index in [0.717, 1.165) is 36.4 Å². The summed E-state index contributed by atoms with van der Waals surface area (Å²) < 4.78 is 126. The molecule has 2 heterocycles. The van der Waals surface area contributed by atoms with Crippen LogP contribution in [0.2, 0.25) is 0 Å². The largest absolute Gasteiger partial charge is 0.416 e. The molecule has 8 aromatic rings. The van der Waals surface area contributed by atoms with Gasteiger partial charge in [0.2, 0.25) is 0 Å². The Bertz CT molecular complexity index is 2570. The second kappa shape index (κ2) is 13.1. The molecule has 0 saturated carbocycles. The second-order valence-corrected chi connectivity index (χ2v) is 12.6. The maximum Gasteiger partial charge on any atom is 0.416 e. The molecule has 13 heteroatoms. The van der Waals surface area contributed by atoms with Crippen LogP contribution in [0.4, 0.5) is 39.5 Å². The Morgan fingerprint density at radius 2 is 0.800 bits per heavy atom. The van der Waals surface area contributed by atoms with Crippen LogP contribution in [0.3, 0.4) is 0 Å². The molecule has 0 aliphatic rings. The van der Waals surface area contributed by atoms with E-state index in [9.17, 15) is 39.5 Å². The van der Waals surface area contributed by atoms with Crippen LogP contribution in [-0.4, -0.2) is 19.5 Å². The summed E-state index contributed by atoms with van der Waals surface area (Å²) in [6.45, 7) is 0. The Kier molecular flexibility index (Phi) is 8.47. The molecular formula is C42H23F9N4. The minimum Gasteiger partial charge on any atom is -0.309 e. The first-order valence-electron chi connectivity index (χ1n) is 16.6. The minimum absolute atomic E-state index is 0.0754. The van der Waals surface area contributed by atoms with Gasteiger partial charge < -0.3 is 4.57 Å². The van der Waals surface area contributed by atoms with Gasteiger partial charge in [-0.15, -0.1) is 0 Å². The van der Waals surface area contributed by atoms with Crippen LogP contribution >= 0.6 is 0 Å². The van der Waals surface area contributed by atoms with Crippen molar-refractivity contribution in [2.45, 2.75) is 18.5 Å². The molecule has 0 bridgehead atoms. The zero-order chi connectivity index (χ0) is 38.7. The number of nitrogens with zero attached hydrogens (tertiary/aromatic N) is 4. The zero-order valence-corrected chi connectivity index (χ0v) is 28.0. The van der Waals surface area contributed by atoms with E-state index in [2.05, 4.69) is 0 Å². The predicted molar refractivity (Wildman–Crippen MR) is 191 cm³/mol. The molecule has 4 nitrogen and oxygen atoms in total. The maximum absolute atomic E-state index is 13.9. The monoisotopic (exact) mass is 754 g/mol. The van der Waals surface area contributed by atoms with Gasteiger partial charge in [-0.3, -0.25) is 0 Å². The first kappa shape index (κ1) is 35.5. The summed E-state index contributed by atoms with van der Waals surface area (Å²) in [5, 5.41) is -0.151. The van der Waals surface area contributed by atoms with Crippen LogP contribution < -0.4 is 0 Å². The molecular weight excluding hydrogens is 731 g/mol. The van der Waals surface area contributed by atoms with Gasteiger partial charge in [0.1, 0.15) is 0 Å². The van der Waals surface area contributed by atoms with E-state index in [1.807, 2.05) is 60.7 Å². The van der Waals surface area contributed by atoms with Gasteiger partial charge in [-0.25, -0.2) is 15.0 Å². The van der Waals surface area contributed by atoms with Gasteiger partial charge in [-0.2, -0.15) is 39.5 Å². The highest BCUT2D eigenvalue weighted by molar-refractivity contribution is 6.10. The van der Waals surface area contributed by atoms with E-state index < -0.39 is 35.2 Å². The van der Waals surface area contributed by atoms with Crippen molar-refractivity contribution in [1.82, 2.24) is 19.5 Å². The molecule has 0 aliphatic heterocycles. The Hall–Kier alpha value is -6.50. The summed E-state index contributed by atoms with van der Waals surface area (Å²) in [6, 6.07) is 33.0. The van der Waals surface area contributed by atoms with E-state index in [1.165, 1.54) is 28.8 Å². The fourth-order valence-corrected chi connectivity index (χ4v) is 6.53. The standard InChI is InChI=1S/C42H23F9N4/c43-40(44,45)27-13-11-24(12-14-27)32-23-30(55-35-19-15-28(41(46,47)48)21-33(35)34-22-29(42(49,50)51)16-20-36(34)55)17-18-31(32)39-53-37(25-7-3-1-4-8-25)52-38(54-39)26-9-5-2-6-10-26/h1-23H. The van der Waals surface area contributed by atoms with Crippen molar-refractivity contribution in [2.75, 3.05) is 0 Å². The fraction of sp³-hybridized carbons (Fsp3) is 0.0714. The van der Waals surface area contributed by atoms with Crippen molar-refractivity contribution in [1.29, 1.82) is 0 Å². The predicted octanol–water partition coefficient (Wildman–Crippen LogP) is 12.7. The van der Waals surface area contributed by atoms with Crippen molar-refractivity contribution >= 4 is 21.8 Å². The molecule has 55 heavy (non-hydrogen) atoms. The molecule has 0 atom stereocenters. The van der Waals surface area contributed by atoms with Crippen LogP contribution in [0.5, 0.6) is 0 Å². The van der Waals surface area contributed by atoms with Gasteiger partial charge in [0.25, 0.3) is 0 Å². The first-order chi connectivity index (χ1) is 26.1. The molecule has 6 aromatic carbocycles. The van der Waals surface area contributed by atoms with Crippen LogP contribution in [0.25, 0.3) is 72.8 Å². The number of rotatable bonds is 5. The summed E-state index contributed by atoms with van der Waals surface area (Å²) in [5.41, 5.74) is 0.0181. The average Bonchev–Trinajstić information content (AvgIpc) is 3.50. The van der Waals surface area contributed by atoms with Gasteiger partial charge in [0.05, 0.1) is 27.7 Å². The normalized spacial score (nSPS) is 12.5. The van der Waals surface area contributed by atoms with Gasteiger partial charge in [-0.05, 0) is 77.9 Å². The lowest BCUT2D eigenvalue weighted by molar-refractivity contribution is -0.138. The highest BCUT2D eigenvalue weighted by Gasteiger charge is 2.34. The number of alkyl halides is 9. The van der Waals surface area contributed by atoms with Crippen molar-refractivity contribution in [2.24, 2.45) is 0 Å². The number of halogens is 9. The summed E-state index contributed by atoms with van der Waals surface area (Å²) in [4.78, 5) is 14.3. The highest BCUT2D eigenvalue weighted by Crippen LogP contribution is 2.42. The molecule has 0 N–H and O–H groups in total. The van der Waals surface area contributed by atoms with Crippen molar-refractivity contribution in [3.05, 3.63) is 156 Å². The number of hydrogen-bond acceptors (Lipinski definition) is 3. The molecule has 274 valence electrons. The summed E-state index contributed by atoms with van der Waals surface area (Å²) in [7, 11) is 0. The van der Waals surface area contributed by atoms with Crippen LogP contribution in [0.1, 0.15) is 16.7 Å². The van der Waals surface area contributed by atoms with Crippen molar-refractivity contribution in [3.8, 4) is 51.0 Å². The Balaban J connectivity index is 1.40. The smallest absolute Gasteiger partial charge is 0.309 e. The molecule has 0 fully saturated rings. The van der Waals surface area contributed by atoms with E-state index in [-0.39, 0.29) is 27.6 Å². The minimum atomic E-state index is -4.77. The van der Waals surface area contributed by atoms with E-state index in [1.54, 1.807) is 18.2 Å². The number of fused-ring (bicyclic) bond motifs is 3. The van der Waals surface area contributed by atoms with E-state index >= 15 is 0 Å². The number of aromatic nitrogens is 4. The Morgan fingerprint density at radius 3 is 1.25 bits per heavy atom. The lowest BCUT2D eigenvalue weighted by Gasteiger charge is -2.16. The third-order valence-electron chi connectivity index (χ3n) is 9.14. The van der Waals surface area contributed by atoms with Gasteiger partial charge in [-0.1, -0.05) is 72.8 Å². The van der Waals surface area contributed by atoms with Crippen LogP contribution in [-0.2, 0) is 18.5 Å². The average molecular weight is 755 g/mol. The lowest BCUT2D eigenvalue weighted by Crippen LogP contribution is -2.05. The SMILES string of the molecule is FC(F)(F)c1ccc(-c2cc(-n3c4ccc(C(F)(F)F)cc4c4cc(C(F)(F)F)ccc43)ccc2-c2nc(-c3ccccc3)nc(-c3ccccc3)n2)cc1. The molecule has 0 radical (unpaired) electrons. The molecule has 2 aromatic heterocycles. The Labute approximate surface area is 306 Å². The first-order valence-corrected chi connectivity index (χ1v) is 16.6. The molecule has 8 rings (SSSR count). The third kappa shape index (κ3) is 6.77. The summed E-state index contributed by atoms with van der Waals surface area (Å²) in [5.74, 6) is 0.798. The third-order valence-corrected chi connectivity index (χ3v) is 9.14. The van der Waals surface area contributed by atoms with E-state index in [0.29, 0.717) is 45.2 Å². The van der Waals surface area contributed by atoms with Crippen molar-refractivity contribution < 1.29 is 39.5 Å². The van der Waals surface area contributed by atoms with Crippen molar-refractivity contribution in [3.63, 3.8) is 0 Å². The molecule has 0 unspecified atom stereocenters. The second-order valence-electron chi connectivity index (χ2n) is 12.6. The van der Waals surface area contributed by atoms with Crippen LogP contribution in [0.15, 0.2) is 140 Å². The Morgan fingerprint density at radius 1 is 0.364 bits per heavy atom. The number of benzene rings is 6. The fourth-order valence-electron chi connectivity index (χ4n) is 6.53. The summed E-state index contributed by atoms with van der Waals surface area (Å²) in [6.07, 6.45) is -14.2. The summed E-state index contributed by atoms with van der Waals surface area (Å²) >= 11 is 0. The van der Waals surface area contributed by atoms with Gasteiger partial charge in [0.15, 0.2) is 17.5 Å². The highest BCUT2D eigenvalue weighted by atomic mass is 19.4. The van der Waals surface area contributed by atoms with Gasteiger partial charge in [0, 0.05) is 33.2 Å². The molecule has 0 amide bonds. The zero-order valence-electron chi connectivity index (χ0n) is 28.0. The number of hydrogen-bond donors (Lipinski definition) is 0. The van der Waals surface area contributed by atoms with Crippen LogP contribution in [0, 0.1) is 0 Å². The lowest BCUT2D eigenvalue weighted by atomic mass is 9.97. The molecule has 0 spiro atoms. The molecule has 0 saturated heterocycles. The quantitative estimate of drug-likeness (QED) is 0.164. The van der Waals surface area contributed by atoms with E-state index in [4.69, 9.17) is 15.0 Å². The topological polar surface area (TPSA) is 43.6 Å². The maximum atomic E-state index is 13.9. The molecule has 0 aliphatic carbocycles. The van der Waals surface area contributed by atoms with Gasteiger partial charge >= 0.3 is 18.5 Å².